The smallest absolute Gasteiger partial charge is 0.356 e. The Morgan fingerprint density at radius 3 is 2.26 bits per heavy atom. The Balaban J connectivity index is 2.26. The highest BCUT2D eigenvalue weighted by Gasteiger charge is 2.31. The van der Waals surface area contributed by atoms with E-state index in [9.17, 15) is 19.7 Å². The third-order valence-corrected chi connectivity index (χ3v) is 5.96. The summed E-state index contributed by atoms with van der Waals surface area (Å²) in [5.74, 6) is -1.21. The number of carbonyl (C=O) groups excluding carboxylic acids is 2. The Morgan fingerprint density at radius 2 is 1.59 bits per heavy atom. The number of rotatable bonds is 12. The third kappa shape index (κ3) is 5.05. The van der Waals surface area contributed by atoms with Crippen molar-refractivity contribution in [3.63, 3.8) is 0 Å². The van der Waals surface area contributed by atoms with E-state index in [2.05, 4.69) is 6.92 Å². The van der Waals surface area contributed by atoms with Crippen molar-refractivity contribution in [2.24, 2.45) is 0 Å². The van der Waals surface area contributed by atoms with Gasteiger partial charge in [-0.05, 0) is 38.3 Å². The molecule has 0 saturated carbocycles. The van der Waals surface area contributed by atoms with Crippen molar-refractivity contribution < 1.29 is 24.0 Å². The van der Waals surface area contributed by atoms with Gasteiger partial charge in [0.25, 0.3) is 5.69 Å². The summed E-state index contributed by atoms with van der Waals surface area (Å²) in [6, 6.07) is 6.46. The predicted molar refractivity (Wildman–Crippen MR) is 131 cm³/mol. The minimum Gasteiger partial charge on any atom is -0.462 e. The molecule has 0 unspecified atom stereocenters. The first-order valence-electron chi connectivity index (χ1n) is 12.0. The van der Waals surface area contributed by atoms with Crippen LogP contribution in [0, 0.1) is 10.1 Å². The summed E-state index contributed by atoms with van der Waals surface area (Å²) in [5, 5.41) is 12.7. The summed E-state index contributed by atoms with van der Waals surface area (Å²) >= 11 is 0. The largest absolute Gasteiger partial charge is 0.462 e. The van der Waals surface area contributed by atoms with Gasteiger partial charge >= 0.3 is 11.9 Å². The van der Waals surface area contributed by atoms with Crippen molar-refractivity contribution in [2.75, 3.05) is 13.2 Å². The maximum Gasteiger partial charge on any atom is 0.356 e. The molecule has 0 aliphatic heterocycles. The van der Waals surface area contributed by atoms with Crippen molar-refractivity contribution in [3.8, 4) is 0 Å². The molecule has 2 aromatic heterocycles. The summed E-state index contributed by atoms with van der Waals surface area (Å²) in [6.45, 7) is 5.90. The number of ether oxygens (including phenoxy) is 2. The van der Waals surface area contributed by atoms with Crippen molar-refractivity contribution in [1.29, 1.82) is 0 Å². The third-order valence-electron chi connectivity index (χ3n) is 5.96. The first-order chi connectivity index (χ1) is 16.5. The van der Waals surface area contributed by atoms with E-state index >= 15 is 0 Å². The SMILES string of the molecule is CCCCCCCCc1c(C(=O)OCC)c(C(=O)OCC)n2ccc3c([N+](=O)[O-])cccc3c12. The van der Waals surface area contributed by atoms with E-state index in [0.29, 0.717) is 28.3 Å². The maximum atomic E-state index is 13.1. The van der Waals surface area contributed by atoms with Gasteiger partial charge in [-0.1, -0.05) is 51.2 Å². The minimum atomic E-state index is -0.625. The van der Waals surface area contributed by atoms with Crippen LogP contribution in [0.4, 0.5) is 5.69 Å². The molecule has 0 aliphatic rings. The number of fused-ring (bicyclic) bond motifs is 3. The molecule has 0 fully saturated rings. The Kier molecular flexibility index (Phi) is 8.62. The summed E-state index contributed by atoms with van der Waals surface area (Å²) in [4.78, 5) is 37.3. The molecule has 8 heteroatoms. The second-order valence-electron chi connectivity index (χ2n) is 8.19. The predicted octanol–water partition coefficient (Wildman–Crippen LogP) is 6.26. The monoisotopic (exact) mass is 468 g/mol. The molecule has 0 saturated heterocycles. The number of esters is 2. The Bertz CT molecular complexity index is 1200. The number of carbonyl (C=O) groups is 2. The van der Waals surface area contributed by atoms with Gasteiger partial charge in [-0.2, -0.15) is 0 Å². The molecule has 0 atom stereocenters. The molecule has 0 bridgehead atoms. The zero-order valence-corrected chi connectivity index (χ0v) is 20.1. The quantitative estimate of drug-likeness (QED) is 0.135. The van der Waals surface area contributed by atoms with Gasteiger partial charge in [-0.15, -0.1) is 0 Å². The molecular formula is C26H32N2O6. The minimum absolute atomic E-state index is 0.0258. The van der Waals surface area contributed by atoms with E-state index in [1.54, 1.807) is 42.6 Å². The number of unbranched alkanes of at least 4 members (excludes halogenated alkanes) is 5. The number of pyridine rings is 1. The lowest BCUT2D eigenvalue weighted by Gasteiger charge is -2.08. The van der Waals surface area contributed by atoms with Crippen LogP contribution in [-0.4, -0.2) is 34.5 Å². The number of aromatic nitrogens is 1. The molecular weight excluding hydrogens is 436 g/mol. The standard InChI is InChI=1S/C26H32N2O6/c1-4-7-8-9-10-11-13-20-22(25(29)33-5-2)24(26(30)34-6-3)27-17-16-18-19(23(20)27)14-12-15-21(18)28(31)32/h12,14-17H,4-11,13H2,1-3H3. The number of nitro groups is 1. The normalized spacial score (nSPS) is 11.1. The molecule has 0 radical (unpaired) electrons. The van der Waals surface area contributed by atoms with Crippen LogP contribution in [0.5, 0.6) is 0 Å². The lowest BCUT2D eigenvalue weighted by molar-refractivity contribution is -0.383. The summed E-state index contributed by atoms with van der Waals surface area (Å²) in [5.41, 5.74) is 1.54. The van der Waals surface area contributed by atoms with Gasteiger partial charge in [-0.25, -0.2) is 9.59 Å². The van der Waals surface area contributed by atoms with E-state index in [-0.39, 0.29) is 30.2 Å². The van der Waals surface area contributed by atoms with Gasteiger partial charge in [0.05, 0.1) is 34.6 Å². The van der Waals surface area contributed by atoms with Crippen molar-refractivity contribution in [2.45, 2.75) is 65.7 Å². The average Bonchev–Trinajstić information content (AvgIpc) is 3.16. The summed E-state index contributed by atoms with van der Waals surface area (Å²) < 4.78 is 12.2. The van der Waals surface area contributed by atoms with Crippen LogP contribution in [0.1, 0.15) is 85.7 Å². The first kappa shape index (κ1) is 25.2. The average molecular weight is 469 g/mol. The van der Waals surface area contributed by atoms with Crippen molar-refractivity contribution >= 4 is 33.9 Å². The highest BCUT2D eigenvalue weighted by Crippen LogP contribution is 2.35. The van der Waals surface area contributed by atoms with Gasteiger partial charge in [0.2, 0.25) is 0 Å². The molecule has 0 aliphatic carbocycles. The molecule has 8 nitrogen and oxygen atoms in total. The van der Waals surface area contributed by atoms with Crippen LogP contribution < -0.4 is 0 Å². The van der Waals surface area contributed by atoms with Crippen LogP contribution in [-0.2, 0) is 15.9 Å². The van der Waals surface area contributed by atoms with Crippen LogP contribution >= 0.6 is 0 Å². The van der Waals surface area contributed by atoms with Gasteiger partial charge in [0.1, 0.15) is 5.69 Å². The number of nitro benzene ring substituents is 1. The molecule has 34 heavy (non-hydrogen) atoms. The number of benzene rings is 1. The van der Waals surface area contributed by atoms with Crippen LogP contribution in [0.25, 0.3) is 16.3 Å². The maximum absolute atomic E-state index is 13.1. The van der Waals surface area contributed by atoms with Crippen molar-refractivity contribution in [1.82, 2.24) is 4.40 Å². The van der Waals surface area contributed by atoms with Crippen LogP contribution in [0.2, 0.25) is 0 Å². The van der Waals surface area contributed by atoms with Gasteiger partial charge < -0.3 is 13.9 Å². The molecule has 3 rings (SSSR count). The molecule has 182 valence electrons. The second kappa shape index (κ2) is 11.6. The van der Waals surface area contributed by atoms with E-state index in [4.69, 9.17) is 9.47 Å². The zero-order chi connectivity index (χ0) is 24.7. The fourth-order valence-electron chi connectivity index (χ4n) is 4.47. The fourth-order valence-corrected chi connectivity index (χ4v) is 4.47. The highest BCUT2D eigenvalue weighted by atomic mass is 16.6. The molecule has 3 aromatic rings. The number of hydrogen-bond donors (Lipinski definition) is 0. The topological polar surface area (TPSA) is 100 Å². The highest BCUT2D eigenvalue weighted by molar-refractivity contribution is 6.11. The van der Waals surface area contributed by atoms with E-state index in [1.807, 2.05) is 0 Å². The number of nitrogens with zero attached hydrogens (tertiary/aromatic N) is 2. The lowest BCUT2D eigenvalue weighted by atomic mass is 9.99. The molecule has 1 aromatic carbocycles. The summed E-state index contributed by atoms with van der Waals surface area (Å²) in [6.07, 6.45) is 8.54. The van der Waals surface area contributed by atoms with Crippen molar-refractivity contribution in [3.05, 3.63) is 57.4 Å². The molecule has 0 amide bonds. The molecule has 2 heterocycles. The second-order valence-corrected chi connectivity index (χ2v) is 8.19. The number of hydrogen-bond acceptors (Lipinski definition) is 6. The Labute approximate surface area is 199 Å². The Hall–Kier alpha value is -3.42. The van der Waals surface area contributed by atoms with E-state index < -0.39 is 16.9 Å². The first-order valence-corrected chi connectivity index (χ1v) is 12.0. The van der Waals surface area contributed by atoms with E-state index in [0.717, 1.165) is 32.1 Å². The van der Waals surface area contributed by atoms with Gasteiger partial charge in [0.15, 0.2) is 0 Å². The number of aryl methyl sites for hydroxylation is 1. The van der Waals surface area contributed by atoms with Crippen LogP contribution in [0.15, 0.2) is 30.5 Å². The summed E-state index contributed by atoms with van der Waals surface area (Å²) in [7, 11) is 0. The number of non-ortho nitro benzene ring substituents is 1. The van der Waals surface area contributed by atoms with E-state index in [1.165, 1.54) is 12.5 Å². The fraction of sp³-hybridized carbons (Fsp3) is 0.462. The molecule has 0 N–H and O–H groups in total. The van der Waals surface area contributed by atoms with Gasteiger partial charge in [0, 0.05) is 17.6 Å². The van der Waals surface area contributed by atoms with Gasteiger partial charge in [-0.3, -0.25) is 10.1 Å². The lowest BCUT2D eigenvalue weighted by Crippen LogP contribution is -2.15. The van der Waals surface area contributed by atoms with Crippen LogP contribution in [0.3, 0.4) is 0 Å². The zero-order valence-electron chi connectivity index (χ0n) is 20.1. The Morgan fingerprint density at radius 1 is 0.912 bits per heavy atom. The molecule has 0 spiro atoms.